The van der Waals surface area contributed by atoms with E-state index in [1.165, 1.54) is 0 Å². The summed E-state index contributed by atoms with van der Waals surface area (Å²) in [5.41, 5.74) is 8.73. The summed E-state index contributed by atoms with van der Waals surface area (Å²) in [6.07, 6.45) is 0. The van der Waals surface area contributed by atoms with E-state index in [-0.39, 0.29) is 11.8 Å². The van der Waals surface area contributed by atoms with Gasteiger partial charge in [-0.05, 0) is 30.2 Å². The van der Waals surface area contributed by atoms with Crippen molar-refractivity contribution in [3.05, 3.63) is 64.7 Å². The summed E-state index contributed by atoms with van der Waals surface area (Å²) >= 11 is 6.17. The van der Waals surface area contributed by atoms with Crippen LogP contribution in [0.15, 0.2) is 53.7 Å². The third-order valence-corrected chi connectivity index (χ3v) is 3.62. The highest BCUT2D eigenvalue weighted by atomic mass is 35.5. The molecule has 0 aliphatic heterocycles. The van der Waals surface area contributed by atoms with Gasteiger partial charge in [-0.3, -0.25) is 0 Å². The molecule has 0 saturated heterocycles. The fourth-order valence-corrected chi connectivity index (χ4v) is 2.32. The van der Waals surface area contributed by atoms with E-state index in [9.17, 15) is 0 Å². The Morgan fingerprint density at radius 2 is 2.00 bits per heavy atom. The molecule has 2 rings (SSSR count). The van der Waals surface area contributed by atoms with Crippen molar-refractivity contribution in [3.8, 4) is 0 Å². The average Bonchev–Trinajstić information content (AvgIpc) is 2.51. The fourth-order valence-electron chi connectivity index (χ4n) is 2.13. The lowest BCUT2D eigenvalue weighted by atomic mass is 9.98. The fraction of sp³-hybridized carbons (Fsp3) is 0.188. The van der Waals surface area contributed by atoms with Crippen molar-refractivity contribution in [1.82, 2.24) is 0 Å². The van der Waals surface area contributed by atoms with Gasteiger partial charge in [0.1, 0.15) is 5.84 Å². The first-order valence-electron chi connectivity index (χ1n) is 6.64. The van der Waals surface area contributed by atoms with Crippen molar-refractivity contribution in [3.63, 3.8) is 0 Å². The Kier molecular flexibility index (Phi) is 5.06. The predicted octanol–water partition coefficient (Wildman–Crippen LogP) is 3.59. The zero-order valence-corrected chi connectivity index (χ0v) is 12.5. The van der Waals surface area contributed by atoms with Crippen molar-refractivity contribution in [1.29, 1.82) is 0 Å². The first kappa shape index (κ1) is 15.2. The molecule has 4 nitrogen and oxygen atoms in total. The number of anilines is 1. The highest BCUT2D eigenvalue weighted by Gasteiger charge is 2.16. The molecule has 110 valence electrons. The van der Waals surface area contributed by atoms with E-state index in [0.717, 1.165) is 16.8 Å². The van der Waals surface area contributed by atoms with Crippen LogP contribution in [0.3, 0.4) is 0 Å². The molecule has 1 unspecified atom stereocenters. The van der Waals surface area contributed by atoms with Crippen LogP contribution in [0, 0.1) is 6.92 Å². The molecule has 2 aromatic carbocycles. The molecule has 1 atom stereocenters. The molecule has 21 heavy (non-hydrogen) atoms. The molecule has 0 amide bonds. The van der Waals surface area contributed by atoms with Gasteiger partial charge in [-0.15, -0.1) is 0 Å². The second kappa shape index (κ2) is 6.99. The Balaban J connectivity index is 2.19. The number of benzene rings is 2. The summed E-state index contributed by atoms with van der Waals surface area (Å²) in [4.78, 5) is 0. The number of amidine groups is 1. The summed E-state index contributed by atoms with van der Waals surface area (Å²) in [5.74, 6) is -0.0646. The number of oxime groups is 1. The molecule has 0 radical (unpaired) electrons. The topological polar surface area (TPSA) is 70.6 Å². The van der Waals surface area contributed by atoms with E-state index in [1.807, 2.05) is 55.5 Å². The van der Waals surface area contributed by atoms with E-state index in [0.29, 0.717) is 11.6 Å². The highest BCUT2D eigenvalue weighted by Crippen LogP contribution is 2.24. The first-order chi connectivity index (χ1) is 10.1. The largest absolute Gasteiger partial charge is 0.409 e. The van der Waals surface area contributed by atoms with Crippen molar-refractivity contribution < 1.29 is 5.21 Å². The molecule has 0 aliphatic carbocycles. The summed E-state index contributed by atoms with van der Waals surface area (Å²) in [6.45, 7) is 2.49. The second-order valence-corrected chi connectivity index (χ2v) is 5.26. The third kappa shape index (κ3) is 3.89. The maximum absolute atomic E-state index is 8.97. The minimum Gasteiger partial charge on any atom is -0.409 e. The van der Waals surface area contributed by atoms with Gasteiger partial charge in [0.25, 0.3) is 0 Å². The number of hydrogen-bond acceptors (Lipinski definition) is 3. The number of rotatable bonds is 5. The molecule has 0 aromatic heterocycles. The van der Waals surface area contributed by atoms with Gasteiger partial charge in [0.2, 0.25) is 0 Å². The summed E-state index contributed by atoms with van der Waals surface area (Å²) in [6, 6.07) is 15.4. The normalized spacial score (nSPS) is 13.0. The van der Waals surface area contributed by atoms with Gasteiger partial charge in [-0.1, -0.05) is 53.2 Å². The van der Waals surface area contributed by atoms with Crippen molar-refractivity contribution in [2.24, 2.45) is 10.9 Å². The first-order valence-corrected chi connectivity index (χ1v) is 7.02. The molecule has 2 aromatic rings. The van der Waals surface area contributed by atoms with Crippen molar-refractivity contribution in [2.45, 2.75) is 12.8 Å². The number of hydrogen-bond donors (Lipinski definition) is 3. The quantitative estimate of drug-likeness (QED) is 0.342. The van der Waals surface area contributed by atoms with Crippen LogP contribution in [0.2, 0.25) is 5.02 Å². The SMILES string of the molecule is Cc1ccc(Cl)c(NCC(/C(N)=N/O)c2ccccc2)c1. The van der Waals surface area contributed by atoms with E-state index in [4.69, 9.17) is 22.5 Å². The molecule has 4 N–H and O–H groups in total. The van der Waals surface area contributed by atoms with Gasteiger partial charge in [-0.25, -0.2) is 0 Å². The molecule has 0 bridgehead atoms. The van der Waals surface area contributed by atoms with Crippen LogP contribution in [-0.2, 0) is 0 Å². The van der Waals surface area contributed by atoms with E-state index < -0.39 is 0 Å². The van der Waals surface area contributed by atoms with Crippen LogP contribution >= 0.6 is 11.6 Å². The lowest BCUT2D eigenvalue weighted by Crippen LogP contribution is -2.28. The van der Waals surface area contributed by atoms with Crippen LogP contribution in [-0.4, -0.2) is 17.6 Å². The van der Waals surface area contributed by atoms with Crippen LogP contribution < -0.4 is 11.1 Å². The highest BCUT2D eigenvalue weighted by molar-refractivity contribution is 6.33. The zero-order chi connectivity index (χ0) is 15.2. The standard InChI is InChI=1S/C16H18ClN3O/c1-11-7-8-14(17)15(9-11)19-10-13(16(18)20-21)12-5-3-2-4-6-12/h2-9,13,19,21H,10H2,1H3,(H2,18,20). The van der Waals surface area contributed by atoms with Crippen LogP contribution in [0.1, 0.15) is 17.0 Å². The molecule has 0 fully saturated rings. The van der Waals surface area contributed by atoms with E-state index in [1.54, 1.807) is 0 Å². The van der Waals surface area contributed by atoms with Crippen molar-refractivity contribution >= 4 is 23.1 Å². The van der Waals surface area contributed by atoms with Gasteiger partial charge in [0.15, 0.2) is 0 Å². The zero-order valence-electron chi connectivity index (χ0n) is 11.8. The smallest absolute Gasteiger partial charge is 0.148 e. The number of nitrogens with two attached hydrogens (primary N) is 1. The number of nitrogens with zero attached hydrogens (tertiary/aromatic N) is 1. The minimum atomic E-state index is -0.229. The van der Waals surface area contributed by atoms with Gasteiger partial charge in [0.05, 0.1) is 16.6 Å². The maximum Gasteiger partial charge on any atom is 0.148 e. The van der Waals surface area contributed by atoms with Gasteiger partial charge >= 0.3 is 0 Å². The molecule has 0 spiro atoms. The van der Waals surface area contributed by atoms with Gasteiger partial charge in [0, 0.05) is 6.54 Å². The van der Waals surface area contributed by atoms with Crippen molar-refractivity contribution in [2.75, 3.05) is 11.9 Å². The Morgan fingerprint density at radius 1 is 1.29 bits per heavy atom. The predicted molar refractivity (Wildman–Crippen MR) is 87.3 cm³/mol. The maximum atomic E-state index is 8.97. The number of aryl methyl sites for hydroxylation is 1. The number of nitrogens with one attached hydrogen (secondary N) is 1. The van der Waals surface area contributed by atoms with Crippen LogP contribution in [0.25, 0.3) is 0 Å². The molecular weight excluding hydrogens is 286 g/mol. The second-order valence-electron chi connectivity index (χ2n) is 4.85. The third-order valence-electron chi connectivity index (χ3n) is 3.29. The molecular formula is C16H18ClN3O. The summed E-state index contributed by atoms with van der Waals surface area (Å²) in [7, 11) is 0. The lowest BCUT2D eigenvalue weighted by Gasteiger charge is -2.18. The van der Waals surface area contributed by atoms with Gasteiger partial charge < -0.3 is 16.3 Å². The number of halogens is 1. The molecule has 0 heterocycles. The lowest BCUT2D eigenvalue weighted by molar-refractivity contribution is 0.316. The average molecular weight is 304 g/mol. The molecule has 5 heteroatoms. The molecule has 0 aliphatic rings. The van der Waals surface area contributed by atoms with E-state index >= 15 is 0 Å². The van der Waals surface area contributed by atoms with Crippen LogP contribution in [0.5, 0.6) is 0 Å². The minimum absolute atomic E-state index is 0.164. The van der Waals surface area contributed by atoms with E-state index in [2.05, 4.69) is 10.5 Å². The monoisotopic (exact) mass is 303 g/mol. The summed E-state index contributed by atoms with van der Waals surface area (Å²) in [5, 5.41) is 16.0. The Labute approximate surface area is 129 Å². The Hall–Kier alpha value is -2.20. The summed E-state index contributed by atoms with van der Waals surface area (Å²) < 4.78 is 0. The Morgan fingerprint density at radius 3 is 2.67 bits per heavy atom. The van der Waals surface area contributed by atoms with Gasteiger partial charge in [-0.2, -0.15) is 0 Å². The Bertz CT molecular complexity index is 629. The molecule has 0 saturated carbocycles. The van der Waals surface area contributed by atoms with Crippen LogP contribution in [0.4, 0.5) is 5.69 Å².